The molecule has 0 bridgehead atoms. The number of carbonyl (C=O) groups is 5. The van der Waals surface area contributed by atoms with Crippen LogP contribution in [0.25, 0.3) is 0 Å². The molecular formula is C27H24BClF2N6O12S2. The van der Waals surface area contributed by atoms with Crippen LogP contribution in [0.5, 0.6) is 17.2 Å². The Hall–Kier alpha value is -5.26. The Morgan fingerprint density at radius 2 is 1.88 bits per heavy atom. The topological polar surface area (TPSA) is 265 Å². The molecule has 1 aromatic heterocycles. The van der Waals surface area contributed by atoms with Gasteiger partial charge in [-0.15, -0.1) is 11.3 Å². The second-order valence-electron chi connectivity index (χ2n) is 10.8. The summed E-state index contributed by atoms with van der Waals surface area (Å²) in [5.41, 5.74) is -1.50. The fourth-order valence-electron chi connectivity index (χ4n) is 5.12. The minimum absolute atomic E-state index is 0.0445. The zero-order valence-corrected chi connectivity index (χ0v) is 27.9. The maximum absolute atomic E-state index is 14.6. The Kier molecular flexibility index (Phi) is 10.6. The van der Waals surface area contributed by atoms with Gasteiger partial charge in [0.05, 0.1) is 29.8 Å². The molecule has 7 N–H and O–H groups in total. The maximum Gasteiger partial charge on any atom is 0.547 e. The molecule has 51 heavy (non-hydrogen) atoms. The Bertz CT molecular complexity index is 2040. The van der Waals surface area contributed by atoms with Gasteiger partial charge in [-0.1, -0.05) is 17.7 Å². The molecule has 5 rings (SSSR count). The fourth-order valence-corrected chi connectivity index (χ4v) is 7.20. The molecule has 2 aromatic carbocycles. The van der Waals surface area contributed by atoms with E-state index in [1.165, 1.54) is 11.6 Å². The minimum atomic E-state index is -4.40. The Morgan fingerprint density at radius 3 is 2.55 bits per heavy atom. The summed E-state index contributed by atoms with van der Waals surface area (Å²) in [6.07, 6.45) is 1.02. The third-order valence-corrected chi connectivity index (χ3v) is 10.5. The summed E-state index contributed by atoms with van der Waals surface area (Å²) >= 11 is 7.11. The van der Waals surface area contributed by atoms with Gasteiger partial charge >= 0.3 is 25.1 Å². The van der Waals surface area contributed by atoms with Gasteiger partial charge in [-0.2, -0.15) is 0 Å². The molecule has 18 nitrogen and oxygen atoms in total. The number of imide groups is 1. The smallest absolute Gasteiger partial charge is 0.534 e. The lowest BCUT2D eigenvalue weighted by molar-refractivity contribution is -0.123. The lowest BCUT2D eigenvalue weighted by Crippen LogP contribution is -2.56. The number of halogens is 3. The highest BCUT2D eigenvalue weighted by molar-refractivity contribution is 7.89. The third-order valence-electron chi connectivity index (χ3n) is 7.61. The number of sulfonamides is 1. The molecule has 0 unspecified atom stereocenters. The monoisotopic (exact) mass is 772 g/mol. The molecule has 0 spiro atoms. The van der Waals surface area contributed by atoms with Crippen molar-refractivity contribution in [2.24, 2.45) is 0 Å². The van der Waals surface area contributed by atoms with Crippen LogP contribution in [0.15, 0.2) is 29.8 Å². The Labute approximate surface area is 294 Å². The highest BCUT2D eigenvalue weighted by Gasteiger charge is 2.43. The number of rotatable bonds is 10. The SMILES string of the molecule is O=C(NCCS(=O)(=O)N1CCN(C(=O)N[C@H](C(=O)N[C@H]2Cc3ccc(F)c(C(=O)O)c3OB2O)c2cc(F)c(O)c(O)c2Cl)C1=O)c1nccs1. The second-order valence-corrected chi connectivity index (χ2v) is 14.1. The van der Waals surface area contributed by atoms with Gasteiger partial charge in [-0.05, 0) is 24.1 Å². The number of aromatic carboxylic acids is 1. The minimum Gasteiger partial charge on any atom is -0.534 e. The van der Waals surface area contributed by atoms with E-state index in [0.29, 0.717) is 15.3 Å². The van der Waals surface area contributed by atoms with Crippen LogP contribution in [0.3, 0.4) is 0 Å². The van der Waals surface area contributed by atoms with Crippen LogP contribution in [-0.4, -0.2) is 111 Å². The maximum atomic E-state index is 14.6. The molecule has 2 aliphatic heterocycles. The number of hydrogen-bond donors (Lipinski definition) is 7. The van der Waals surface area contributed by atoms with E-state index in [1.54, 1.807) is 0 Å². The number of carbonyl (C=O) groups excluding carboxylic acids is 4. The van der Waals surface area contributed by atoms with Crippen molar-refractivity contribution in [2.45, 2.75) is 18.4 Å². The van der Waals surface area contributed by atoms with Gasteiger partial charge in [-0.3, -0.25) is 9.59 Å². The summed E-state index contributed by atoms with van der Waals surface area (Å²) in [5.74, 6) is -11.5. The van der Waals surface area contributed by atoms with Crippen molar-refractivity contribution in [3.63, 3.8) is 0 Å². The molecule has 3 heterocycles. The number of carboxylic acid groups (broad SMARTS) is 1. The number of phenols is 2. The van der Waals surface area contributed by atoms with E-state index in [0.717, 1.165) is 23.5 Å². The first kappa shape index (κ1) is 37.0. The van der Waals surface area contributed by atoms with E-state index >= 15 is 0 Å². The number of fused-ring (bicyclic) bond motifs is 1. The molecule has 6 amide bonds. The molecule has 1 saturated heterocycles. The van der Waals surface area contributed by atoms with Crippen molar-refractivity contribution in [1.29, 1.82) is 0 Å². The number of urea groups is 2. The van der Waals surface area contributed by atoms with Crippen molar-refractivity contribution in [1.82, 2.24) is 30.1 Å². The number of aromatic hydroxyl groups is 2. The zero-order chi connectivity index (χ0) is 37.4. The van der Waals surface area contributed by atoms with Crippen LogP contribution in [0.4, 0.5) is 18.4 Å². The molecule has 2 atom stereocenters. The van der Waals surface area contributed by atoms with E-state index in [2.05, 4.69) is 20.9 Å². The van der Waals surface area contributed by atoms with Crippen LogP contribution >= 0.6 is 22.9 Å². The first-order valence-electron chi connectivity index (χ1n) is 14.4. The predicted molar refractivity (Wildman–Crippen MR) is 171 cm³/mol. The summed E-state index contributed by atoms with van der Waals surface area (Å²) < 4.78 is 60.1. The van der Waals surface area contributed by atoms with Crippen LogP contribution in [-0.2, 0) is 21.2 Å². The number of nitrogens with one attached hydrogen (secondary N) is 3. The van der Waals surface area contributed by atoms with Crippen molar-refractivity contribution < 1.29 is 66.2 Å². The van der Waals surface area contributed by atoms with E-state index in [1.807, 2.05) is 0 Å². The fraction of sp³-hybridized carbons (Fsp3) is 0.259. The summed E-state index contributed by atoms with van der Waals surface area (Å²) in [6, 6.07) is -2.41. The largest absolute Gasteiger partial charge is 0.547 e. The van der Waals surface area contributed by atoms with Crippen LogP contribution in [0.2, 0.25) is 5.02 Å². The number of benzene rings is 2. The van der Waals surface area contributed by atoms with Crippen LogP contribution in [0, 0.1) is 11.6 Å². The van der Waals surface area contributed by atoms with Crippen molar-refractivity contribution in [2.75, 3.05) is 25.4 Å². The van der Waals surface area contributed by atoms with Crippen molar-refractivity contribution in [3.8, 4) is 17.2 Å². The standard InChI is InChI=1S/C27H24BClF2N6O12S2/c29-17-12(10-14(31)19(38)20(17)39)18(22(40)34-15-9-11-1-2-13(30)16(25(42)43)21(11)49-28(15)46)35-26(44)36-5-6-37(27(36)45)51(47,48)8-4-32-23(41)24-33-3-7-50-24/h1-3,7,10,15,18,38-39,46H,4-6,8-9H2,(H,32,41)(H,34,40)(H,35,44)(H,42,43)/t15-,18-/m0/s1. The summed E-state index contributed by atoms with van der Waals surface area (Å²) in [5, 5.41) is 47.4. The van der Waals surface area contributed by atoms with Gasteiger partial charge in [0.1, 0.15) is 23.2 Å². The average molecular weight is 773 g/mol. The first-order chi connectivity index (χ1) is 24.0. The summed E-state index contributed by atoms with van der Waals surface area (Å²) in [6.45, 7) is -1.46. The number of carboxylic acids is 1. The van der Waals surface area contributed by atoms with Gasteiger partial charge in [0.25, 0.3) is 5.91 Å². The van der Waals surface area contributed by atoms with E-state index < -0.39 is 129 Å². The Morgan fingerprint density at radius 1 is 1.16 bits per heavy atom. The van der Waals surface area contributed by atoms with Crippen LogP contribution < -0.4 is 20.6 Å². The predicted octanol–water partition coefficient (Wildman–Crippen LogP) is 0.572. The second kappa shape index (κ2) is 14.5. The number of aromatic nitrogens is 1. The lowest BCUT2D eigenvalue weighted by atomic mass is 9.72. The van der Waals surface area contributed by atoms with E-state index in [4.69, 9.17) is 16.3 Å². The molecule has 0 aliphatic carbocycles. The number of nitrogens with zero attached hydrogens (tertiary/aromatic N) is 3. The van der Waals surface area contributed by atoms with Gasteiger partial charge in [0.15, 0.2) is 22.3 Å². The quantitative estimate of drug-likeness (QED) is 0.110. The molecule has 3 aromatic rings. The van der Waals surface area contributed by atoms with Crippen molar-refractivity contribution >= 4 is 69.9 Å². The van der Waals surface area contributed by atoms with Gasteiger partial charge in [-0.25, -0.2) is 45.8 Å². The molecule has 270 valence electrons. The zero-order valence-electron chi connectivity index (χ0n) is 25.5. The van der Waals surface area contributed by atoms with E-state index in [9.17, 15) is 61.5 Å². The molecule has 24 heteroatoms. The van der Waals surface area contributed by atoms with Crippen LogP contribution in [0.1, 0.15) is 37.3 Å². The molecule has 1 fully saturated rings. The van der Waals surface area contributed by atoms with Crippen molar-refractivity contribution in [3.05, 3.63) is 68.1 Å². The summed E-state index contributed by atoms with van der Waals surface area (Å²) in [4.78, 5) is 67.9. The molecule has 2 aliphatic rings. The first-order valence-corrected chi connectivity index (χ1v) is 17.3. The number of amides is 6. The highest BCUT2D eigenvalue weighted by Crippen LogP contribution is 2.41. The van der Waals surface area contributed by atoms with Gasteiger partial charge in [0.2, 0.25) is 15.9 Å². The van der Waals surface area contributed by atoms with Gasteiger partial charge < -0.3 is 40.9 Å². The van der Waals surface area contributed by atoms with E-state index in [-0.39, 0.29) is 17.0 Å². The number of phenolic OH excluding ortho intramolecular Hbond substituents is 2. The van der Waals surface area contributed by atoms with Gasteiger partial charge in [0, 0.05) is 23.7 Å². The lowest BCUT2D eigenvalue weighted by Gasteiger charge is -2.31. The number of thiazole rings is 1. The summed E-state index contributed by atoms with van der Waals surface area (Å²) in [7, 11) is -6.40. The number of hydrogen-bond acceptors (Lipinski definition) is 13. The molecule has 0 radical (unpaired) electrons. The average Bonchev–Trinajstić information content (AvgIpc) is 3.75. The molecular weight excluding hydrogens is 749 g/mol. The Balaban J connectivity index is 1.34. The highest BCUT2D eigenvalue weighted by atomic mass is 35.5. The normalized spacial score (nSPS) is 16.3. The molecule has 0 saturated carbocycles. The third kappa shape index (κ3) is 7.45.